The highest BCUT2D eigenvalue weighted by Crippen LogP contribution is 2.19. The molecule has 22 heavy (non-hydrogen) atoms. The highest BCUT2D eigenvalue weighted by atomic mass is 16.6. The van der Waals surface area contributed by atoms with Gasteiger partial charge in [0.25, 0.3) is 5.69 Å². The van der Waals surface area contributed by atoms with Crippen molar-refractivity contribution in [2.24, 2.45) is 0 Å². The molecule has 0 aliphatic carbocycles. The van der Waals surface area contributed by atoms with Gasteiger partial charge in [0.15, 0.2) is 0 Å². The standard InChI is InChI=1S/C14H20N4O4/c1-4-15-14(20)16-13(19)10(2)17(3)9-11-7-5-6-8-12(11)18(21)22/h5-8,10H,4,9H2,1-3H3,(H2,15,16,19,20)/t10-/m1/s1. The maximum Gasteiger partial charge on any atom is 0.321 e. The van der Waals surface area contributed by atoms with E-state index in [1.54, 1.807) is 44.0 Å². The van der Waals surface area contributed by atoms with Crippen LogP contribution in [0.1, 0.15) is 19.4 Å². The minimum Gasteiger partial charge on any atom is -0.338 e. The van der Waals surface area contributed by atoms with Crippen molar-refractivity contribution in [1.29, 1.82) is 0 Å². The van der Waals surface area contributed by atoms with E-state index in [0.717, 1.165) is 0 Å². The fourth-order valence-corrected chi connectivity index (χ4v) is 1.85. The van der Waals surface area contributed by atoms with Crippen LogP contribution in [0.15, 0.2) is 24.3 Å². The Morgan fingerprint density at radius 3 is 2.59 bits per heavy atom. The molecule has 0 aliphatic heterocycles. The first-order chi connectivity index (χ1) is 10.4. The monoisotopic (exact) mass is 308 g/mol. The summed E-state index contributed by atoms with van der Waals surface area (Å²) < 4.78 is 0. The van der Waals surface area contributed by atoms with Gasteiger partial charge in [-0.3, -0.25) is 25.1 Å². The molecule has 0 radical (unpaired) electrons. The van der Waals surface area contributed by atoms with Crippen LogP contribution in [0.3, 0.4) is 0 Å². The molecule has 1 atom stereocenters. The van der Waals surface area contributed by atoms with Gasteiger partial charge in [0.05, 0.1) is 11.0 Å². The summed E-state index contributed by atoms with van der Waals surface area (Å²) in [6.45, 7) is 4.01. The van der Waals surface area contributed by atoms with Crippen LogP contribution in [0.25, 0.3) is 0 Å². The molecule has 8 nitrogen and oxygen atoms in total. The van der Waals surface area contributed by atoms with Crippen molar-refractivity contribution in [3.05, 3.63) is 39.9 Å². The summed E-state index contributed by atoms with van der Waals surface area (Å²) in [4.78, 5) is 35.4. The summed E-state index contributed by atoms with van der Waals surface area (Å²) in [5.41, 5.74) is 0.512. The van der Waals surface area contributed by atoms with Crippen LogP contribution in [-0.4, -0.2) is 41.4 Å². The summed E-state index contributed by atoms with van der Waals surface area (Å²) in [7, 11) is 1.67. The molecule has 2 N–H and O–H groups in total. The fourth-order valence-electron chi connectivity index (χ4n) is 1.85. The number of para-hydroxylation sites is 1. The molecule has 0 aromatic heterocycles. The molecular formula is C14H20N4O4. The number of likely N-dealkylation sites (N-methyl/N-ethyl adjacent to an activating group) is 1. The van der Waals surface area contributed by atoms with Gasteiger partial charge in [0.2, 0.25) is 5.91 Å². The summed E-state index contributed by atoms with van der Waals surface area (Å²) in [5.74, 6) is -0.466. The Labute approximate surface area is 128 Å². The van der Waals surface area contributed by atoms with E-state index in [1.807, 2.05) is 0 Å². The zero-order chi connectivity index (χ0) is 16.7. The number of nitro benzene ring substituents is 1. The number of hydrogen-bond acceptors (Lipinski definition) is 5. The first kappa shape index (κ1) is 17.6. The number of benzene rings is 1. The number of rotatable bonds is 6. The van der Waals surface area contributed by atoms with E-state index in [4.69, 9.17) is 0 Å². The van der Waals surface area contributed by atoms with Crippen LogP contribution in [0.2, 0.25) is 0 Å². The Morgan fingerprint density at radius 2 is 2.00 bits per heavy atom. The second-order valence-corrected chi connectivity index (χ2v) is 4.83. The molecule has 120 valence electrons. The number of nitro groups is 1. The maximum atomic E-state index is 11.9. The Bertz CT molecular complexity index is 562. The van der Waals surface area contributed by atoms with Crippen LogP contribution < -0.4 is 10.6 Å². The van der Waals surface area contributed by atoms with Crippen molar-refractivity contribution in [2.75, 3.05) is 13.6 Å². The third-order valence-corrected chi connectivity index (χ3v) is 3.22. The highest BCUT2D eigenvalue weighted by molar-refractivity contribution is 5.96. The minimum atomic E-state index is -0.609. The number of imide groups is 1. The van der Waals surface area contributed by atoms with Crippen molar-refractivity contribution in [3.63, 3.8) is 0 Å². The summed E-state index contributed by atoms with van der Waals surface area (Å²) in [6.07, 6.45) is 0. The predicted molar refractivity (Wildman–Crippen MR) is 81.2 cm³/mol. The van der Waals surface area contributed by atoms with Crippen molar-refractivity contribution in [1.82, 2.24) is 15.5 Å². The molecule has 1 aromatic carbocycles. The average molecular weight is 308 g/mol. The number of hydrogen-bond donors (Lipinski definition) is 2. The Balaban J connectivity index is 2.72. The van der Waals surface area contributed by atoms with Crippen molar-refractivity contribution >= 4 is 17.6 Å². The van der Waals surface area contributed by atoms with Gasteiger partial charge in [0, 0.05) is 24.7 Å². The maximum absolute atomic E-state index is 11.9. The second-order valence-electron chi connectivity index (χ2n) is 4.83. The van der Waals surface area contributed by atoms with E-state index >= 15 is 0 Å². The molecule has 3 amide bonds. The zero-order valence-corrected chi connectivity index (χ0v) is 12.8. The molecule has 0 aliphatic rings. The van der Waals surface area contributed by atoms with E-state index in [1.165, 1.54) is 6.07 Å². The largest absolute Gasteiger partial charge is 0.338 e. The first-order valence-corrected chi connectivity index (χ1v) is 6.88. The number of carbonyl (C=O) groups is 2. The molecule has 0 spiro atoms. The van der Waals surface area contributed by atoms with Gasteiger partial charge in [-0.05, 0) is 20.9 Å². The lowest BCUT2D eigenvalue weighted by molar-refractivity contribution is -0.385. The van der Waals surface area contributed by atoms with Crippen LogP contribution >= 0.6 is 0 Å². The van der Waals surface area contributed by atoms with Gasteiger partial charge >= 0.3 is 6.03 Å². The topological polar surface area (TPSA) is 105 Å². The normalized spacial score (nSPS) is 11.8. The molecule has 1 rings (SSSR count). The average Bonchev–Trinajstić information content (AvgIpc) is 2.46. The van der Waals surface area contributed by atoms with E-state index in [0.29, 0.717) is 12.1 Å². The van der Waals surface area contributed by atoms with E-state index in [2.05, 4.69) is 10.6 Å². The molecule has 1 aromatic rings. The summed E-state index contributed by atoms with van der Waals surface area (Å²) in [6, 6.07) is 5.19. The van der Waals surface area contributed by atoms with Gasteiger partial charge in [0.1, 0.15) is 0 Å². The Kier molecular flexibility index (Phi) is 6.46. The molecule has 0 bridgehead atoms. The number of amides is 3. The third kappa shape index (κ3) is 4.81. The third-order valence-electron chi connectivity index (χ3n) is 3.22. The SMILES string of the molecule is CCNC(=O)NC(=O)[C@@H](C)N(C)Cc1ccccc1[N+](=O)[O-]. The highest BCUT2D eigenvalue weighted by Gasteiger charge is 2.22. The smallest absolute Gasteiger partial charge is 0.321 e. The lowest BCUT2D eigenvalue weighted by Crippen LogP contribution is -2.48. The Morgan fingerprint density at radius 1 is 1.36 bits per heavy atom. The van der Waals surface area contributed by atoms with Crippen LogP contribution in [0.4, 0.5) is 10.5 Å². The van der Waals surface area contributed by atoms with E-state index in [9.17, 15) is 19.7 Å². The quantitative estimate of drug-likeness (QED) is 0.608. The van der Waals surface area contributed by atoms with Gasteiger partial charge < -0.3 is 5.32 Å². The molecule has 0 saturated heterocycles. The fraction of sp³-hybridized carbons (Fsp3) is 0.429. The van der Waals surface area contributed by atoms with E-state index < -0.39 is 22.9 Å². The molecule has 8 heteroatoms. The van der Waals surface area contributed by atoms with E-state index in [-0.39, 0.29) is 12.2 Å². The van der Waals surface area contributed by atoms with Gasteiger partial charge in [-0.15, -0.1) is 0 Å². The van der Waals surface area contributed by atoms with Gasteiger partial charge in [-0.1, -0.05) is 18.2 Å². The summed E-state index contributed by atoms with van der Waals surface area (Å²) in [5, 5.41) is 15.7. The lowest BCUT2D eigenvalue weighted by Gasteiger charge is -2.23. The molecule has 0 fully saturated rings. The van der Waals surface area contributed by atoms with Crippen LogP contribution in [-0.2, 0) is 11.3 Å². The number of urea groups is 1. The minimum absolute atomic E-state index is 0.00526. The predicted octanol–water partition coefficient (Wildman–Crippen LogP) is 1.26. The molecule has 0 saturated carbocycles. The van der Waals surface area contributed by atoms with Crippen molar-refractivity contribution in [2.45, 2.75) is 26.4 Å². The summed E-state index contributed by atoms with van der Waals surface area (Å²) >= 11 is 0. The van der Waals surface area contributed by atoms with Crippen LogP contribution in [0.5, 0.6) is 0 Å². The van der Waals surface area contributed by atoms with Crippen molar-refractivity contribution < 1.29 is 14.5 Å². The van der Waals surface area contributed by atoms with Gasteiger partial charge in [-0.25, -0.2) is 4.79 Å². The van der Waals surface area contributed by atoms with Crippen molar-refractivity contribution in [3.8, 4) is 0 Å². The van der Waals surface area contributed by atoms with Gasteiger partial charge in [-0.2, -0.15) is 0 Å². The Hall–Kier alpha value is -2.48. The number of nitrogens with one attached hydrogen (secondary N) is 2. The molecule has 0 unspecified atom stereocenters. The zero-order valence-electron chi connectivity index (χ0n) is 12.8. The number of carbonyl (C=O) groups excluding carboxylic acids is 2. The number of nitrogens with zero attached hydrogens (tertiary/aromatic N) is 2. The lowest BCUT2D eigenvalue weighted by atomic mass is 10.1. The molecule has 0 heterocycles. The first-order valence-electron chi connectivity index (χ1n) is 6.88. The van der Waals surface area contributed by atoms with Crippen LogP contribution in [0, 0.1) is 10.1 Å². The second kappa shape index (κ2) is 8.08. The molecular weight excluding hydrogens is 288 g/mol.